The molecule has 0 saturated heterocycles. The molecule has 0 fully saturated rings. The quantitative estimate of drug-likeness (QED) is 0.776. The number of aryl methyl sites for hydroxylation is 1. The van der Waals surface area contributed by atoms with Crippen molar-refractivity contribution in [2.45, 2.75) is 46.2 Å². The van der Waals surface area contributed by atoms with Crippen LogP contribution in [-0.4, -0.2) is 41.4 Å². The van der Waals surface area contributed by atoms with Gasteiger partial charge in [0.25, 0.3) is 0 Å². The molecule has 2 heterocycles. The highest BCUT2D eigenvalue weighted by atomic mass is 16.5. The summed E-state index contributed by atoms with van der Waals surface area (Å²) in [6.07, 6.45) is 2.70. The third-order valence-electron chi connectivity index (χ3n) is 5.34. The fourth-order valence-electron chi connectivity index (χ4n) is 3.68. The van der Waals surface area contributed by atoms with E-state index in [0.717, 1.165) is 49.3 Å². The van der Waals surface area contributed by atoms with Gasteiger partial charge >= 0.3 is 0 Å². The van der Waals surface area contributed by atoms with Gasteiger partial charge in [0.1, 0.15) is 0 Å². The minimum absolute atomic E-state index is 0.116. The molecule has 6 nitrogen and oxygen atoms in total. The molecule has 0 bridgehead atoms. The fourth-order valence-corrected chi connectivity index (χ4v) is 3.68. The largest absolute Gasteiger partial charge is 0.493 e. The third-order valence-corrected chi connectivity index (χ3v) is 5.34. The topological polar surface area (TPSA) is 56.6 Å². The SMILES string of the molecule is CCC(CC)C(=O)N1CCCn2nc(-c3ccc(OC)c(OC)c3)cc2C1. The molecule has 0 N–H and O–H groups in total. The first-order valence-corrected chi connectivity index (χ1v) is 9.69. The van der Waals surface area contributed by atoms with E-state index in [-0.39, 0.29) is 11.8 Å². The standard InChI is InChI=1S/C21H29N3O3/c1-5-15(6-2)21(25)23-10-7-11-24-17(14-23)13-18(22-24)16-8-9-19(26-3)20(12-16)27-4/h8-9,12-13,15H,5-7,10-11,14H2,1-4H3. The molecule has 2 aromatic rings. The molecule has 1 aromatic carbocycles. The van der Waals surface area contributed by atoms with E-state index >= 15 is 0 Å². The lowest BCUT2D eigenvalue weighted by molar-refractivity contribution is -0.136. The van der Waals surface area contributed by atoms with E-state index in [1.807, 2.05) is 27.8 Å². The van der Waals surface area contributed by atoms with Crippen LogP contribution in [0.2, 0.25) is 0 Å². The highest BCUT2D eigenvalue weighted by Crippen LogP contribution is 2.32. The van der Waals surface area contributed by atoms with Crippen LogP contribution in [0.5, 0.6) is 11.5 Å². The molecule has 1 amide bonds. The maximum Gasteiger partial charge on any atom is 0.226 e. The number of ether oxygens (including phenoxy) is 2. The molecule has 27 heavy (non-hydrogen) atoms. The van der Waals surface area contributed by atoms with Gasteiger partial charge in [0, 0.05) is 24.6 Å². The van der Waals surface area contributed by atoms with Gasteiger partial charge in [-0.05, 0) is 43.5 Å². The Morgan fingerprint density at radius 3 is 2.52 bits per heavy atom. The number of carbonyl (C=O) groups is 1. The van der Waals surface area contributed by atoms with Gasteiger partial charge in [-0.2, -0.15) is 5.10 Å². The number of aromatic nitrogens is 2. The molecule has 0 unspecified atom stereocenters. The Morgan fingerprint density at radius 2 is 1.85 bits per heavy atom. The molecule has 0 atom stereocenters. The molecule has 0 spiro atoms. The summed E-state index contributed by atoms with van der Waals surface area (Å²) < 4.78 is 12.8. The summed E-state index contributed by atoms with van der Waals surface area (Å²) in [5.74, 6) is 1.76. The minimum atomic E-state index is 0.116. The van der Waals surface area contributed by atoms with Crippen LogP contribution < -0.4 is 9.47 Å². The van der Waals surface area contributed by atoms with Crippen LogP contribution >= 0.6 is 0 Å². The summed E-state index contributed by atoms with van der Waals surface area (Å²) in [5.41, 5.74) is 2.95. The first-order chi connectivity index (χ1) is 13.1. The number of hydrogen-bond acceptors (Lipinski definition) is 4. The van der Waals surface area contributed by atoms with Crippen molar-refractivity contribution in [1.82, 2.24) is 14.7 Å². The highest BCUT2D eigenvalue weighted by Gasteiger charge is 2.25. The second kappa shape index (κ2) is 8.46. The van der Waals surface area contributed by atoms with Crippen LogP contribution in [0.4, 0.5) is 0 Å². The molecule has 0 saturated carbocycles. The van der Waals surface area contributed by atoms with Crippen molar-refractivity contribution in [3.05, 3.63) is 30.0 Å². The van der Waals surface area contributed by atoms with Gasteiger partial charge in [-0.1, -0.05) is 13.8 Å². The van der Waals surface area contributed by atoms with Gasteiger partial charge in [-0.25, -0.2) is 0 Å². The predicted molar refractivity (Wildman–Crippen MR) is 105 cm³/mol. The van der Waals surface area contributed by atoms with E-state index in [1.54, 1.807) is 14.2 Å². The van der Waals surface area contributed by atoms with E-state index < -0.39 is 0 Å². The molecule has 6 heteroatoms. The third kappa shape index (κ3) is 3.94. The summed E-state index contributed by atoms with van der Waals surface area (Å²) in [6.45, 7) is 6.42. The summed E-state index contributed by atoms with van der Waals surface area (Å²) in [6, 6.07) is 7.90. The van der Waals surface area contributed by atoms with Crippen molar-refractivity contribution < 1.29 is 14.3 Å². The first-order valence-electron chi connectivity index (χ1n) is 9.69. The Bertz CT molecular complexity index is 796. The second-order valence-electron chi connectivity index (χ2n) is 6.94. The molecule has 1 aromatic heterocycles. The van der Waals surface area contributed by atoms with Crippen molar-refractivity contribution >= 4 is 5.91 Å². The van der Waals surface area contributed by atoms with Gasteiger partial charge in [0.15, 0.2) is 11.5 Å². The number of nitrogens with zero attached hydrogens (tertiary/aromatic N) is 3. The maximum absolute atomic E-state index is 12.8. The molecular formula is C21H29N3O3. The molecular weight excluding hydrogens is 342 g/mol. The average Bonchev–Trinajstić information content (AvgIpc) is 2.99. The summed E-state index contributed by atoms with van der Waals surface area (Å²) >= 11 is 0. The number of rotatable bonds is 6. The van der Waals surface area contributed by atoms with E-state index in [4.69, 9.17) is 14.6 Å². The van der Waals surface area contributed by atoms with Gasteiger partial charge in [0.05, 0.1) is 32.2 Å². The van der Waals surface area contributed by atoms with Crippen molar-refractivity contribution in [2.24, 2.45) is 5.92 Å². The molecule has 1 aliphatic rings. The average molecular weight is 371 g/mol. The lowest BCUT2D eigenvalue weighted by Crippen LogP contribution is -2.35. The zero-order valence-electron chi connectivity index (χ0n) is 16.7. The van der Waals surface area contributed by atoms with Gasteiger partial charge in [-0.15, -0.1) is 0 Å². The number of methoxy groups -OCH3 is 2. The van der Waals surface area contributed by atoms with Gasteiger partial charge < -0.3 is 14.4 Å². The second-order valence-corrected chi connectivity index (χ2v) is 6.94. The molecule has 1 aliphatic heterocycles. The van der Waals surface area contributed by atoms with E-state index in [9.17, 15) is 4.79 Å². The minimum Gasteiger partial charge on any atom is -0.493 e. The van der Waals surface area contributed by atoms with Crippen molar-refractivity contribution in [3.63, 3.8) is 0 Å². The highest BCUT2D eigenvalue weighted by molar-refractivity contribution is 5.78. The van der Waals surface area contributed by atoms with Crippen LogP contribution in [0.15, 0.2) is 24.3 Å². The van der Waals surface area contributed by atoms with Crippen molar-refractivity contribution in [3.8, 4) is 22.8 Å². The Kier molecular flexibility index (Phi) is 6.04. The Labute approximate surface area is 161 Å². The lowest BCUT2D eigenvalue weighted by Gasteiger charge is -2.24. The number of benzene rings is 1. The number of hydrogen-bond donors (Lipinski definition) is 0. The number of amides is 1. The smallest absolute Gasteiger partial charge is 0.226 e. The van der Waals surface area contributed by atoms with E-state index in [0.29, 0.717) is 18.0 Å². The normalized spacial score (nSPS) is 14.0. The maximum atomic E-state index is 12.8. The van der Waals surface area contributed by atoms with E-state index in [2.05, 4.69) is 19.9 Å². The van der Waals surface area contributed by atoms with Crippen molar-refractivity contribution in [1.29, 1.82) is 0 Å². The Morgan fingerprint density at radius 1 is 1.11 bits per heavy atom. The zero-order valence-corrected chi connectivity index (χ0v) is 16.7. The fraction of sp³-hybridized carbons (Fsp3) is 0.524. The molecule has 3 rings (SSSR count). The summed E-state index contributed by atoms with van der Waals surface area (Å²) in [4.78, 5) is 14.8. The van der Waals surface area contributed by atoms with Gasteiger partial charge in [0.2, 0.25) is 5.91 Å². The summed E-state index contributed by atoms with van der Waals surface area (Å²) in [7, 11) is 3.26. The van der Waals surface area contributed by atoms with Crippen LogP contribution in [0.1, 0.15) is 38.8 Å². The Hall–Kier alpha value is -2.50. The van der Waals surface area contributed by atoms with Crippen LogP contribution in [0.3, 0.4) is 0 Å². The molecule has 0 aliphatic carbocycles. The number of fused-ring (bicyclic) bond motifs is 1. The zero-order chi connectivity index (χ0) is 19.4. The lowest BCUT2D eigenvalue weighted by atomic mass is 10.0. The molecule has 146 valence electrons. The molecule has 0 radical (unpaired) electrons. The first kappa shape index (κ1) is 19.3. The van der Waals surface area contributed by atoms with Crippen LogP contribution in [0.25, 0.3) is 11.3 Å². The van der Waals surface area contributed by atoms with Crippen LogP contribution in [0, 0.1) is 5.92 Å². The number of carbonyl (C=O) groups excluding carboxylic acids is 1. The monoisotopic (exact) mass is 371 g/mol. The van der Waals surface area contributed by atoms with Crippen LogP contribution in [-0.2, 0) is 17.9 Å². The Balaban J connectivity index is 1.86. The van der Waals surface area contributed by atoms with Crippen molar-refractivity contribution in [2.75, 3.05) is 20.8 Å². The predicted octanol–water partition coefficient (Wildman–Crippen LogP) is 3.74. The van der Waals surface area contributed by atoms with Gasteiger partial charge in [-0.3, -0.25) is 9.48 Å². The summed E-state index contributed by atoms with van der Waals surface area (Å²) in [5, 5.41) is 4.77. The van der Waals surface area contributed by atoms with E-state index in [1.165, 1.54) is 0 Å².